The standard InChI is InChI=1S/C54H95O10P/c1-3-5-7-9-11-13-15-17-19-21-23-24-25-26-28-29-31-33-35-37-39-41-43-45-53(57)61-49-52(50-63-65(59,60)62-48-51(56)47-55)64-54(58)46-44-42-40-38-36-34-32-30-27-22-20-18-16-14-12-10-8-6-4-2/h12,14,18,20,27,30,34,36-37,39-40,42,51-52,55-56H,3-11,13,15-17,19,21-26,28-29,31-33,35,38,41,43-50H2,1-2H3,(H,59,60)/b14-12+,20-18+,30-27+,36-34+,39-37+,42-40+/t51-,52+/m0/s1. The number of aliphatic hydroxyl groups is 2. The number of ether oxygens (including phenoxy) is 2. The van der Waals surface area contributed by atoms with Crippen molar-refractivity contribution in [1.29, 1.82) is 0 Å². The Labute approximate surface area is 397 Å². The second-order valence-electron chi connectivity index (χ2n) is 17.2. The second-order valence-corrected chi connectivity index (χ2v) is 18.6. The molecule has 0 saturated heterocycles. The fourth-order valence-corrected chi connectivity index (χ4v) is 7.65. The first-order valence-corrected chi connectivity index (χ1v) is 27.4. The molecule has 11 heteroatoms. The molecule has 0 heterocycles. The summed E-state index contributed by atoms with van der Waals surface area (Å²) >= 11 is 0. The highest BCUT2D eigenvalue weighted by Crippen LogP contribution is 2.43. The largest absolute Gasteiger partial charge is 0.472 e. The van der Waals surface area contributed by atoms with Crippen LogP contribution in [-0.4, -0.2) is 65.7 Å². The number of hydrogen-bond acceptors (Lipinski definition) is 9. The fraction of sp³-hybridized carbons (Fsp3) is 0.741. The highest BCUT2D eigenvalue weighted by molar-refractivity contribution is 7.47. The second kappa shape index (κ2) is 49.3. The van der Waals surface area contributed by atoms with Crippen LogP contribution in [0, 0.1) is 0 Å². The van der Waals surface area contributed by atoms with Crippen LogP contribution in [0.25, 0.3) is 0 Å². The van der Waals surface area contributed by atoms with Gasteiger partial charge in [0.1, 0.15) is 12.7 Å². The summed E-state index contributed by atoms with van der Waals surface area (Å²) in [7, 11) is -4.65. The Bertz CT molecular complexity index is 1310. The van der Waals surface area contributed by atoms with Crippen molar-refractivity contribution in [3.63, 3.8) is 0 Å². The van der Waals surface area contributed by atoms with Crippen molar-refractivity contribution < 1.29 is 47.8 Å². The van der Waals surface area contributed by atoms with E-state index in [1.807, 2.05) is 12.2 Å². The lowest BCUT2D eigenvalue weighted by atomic mass is 10.0. The van der Waals surface area contributed by atoms with Gasteiger partial charge in [0.15, 0.2) is 6.10 Å². The number of carbonyl (C=O) groups excluding carboxylic acids is 2. The molecule has 0 rings (SSSR count). The van der Waals surface area contributed by atoms with E-state index in [-0.39, 0.29) is 19.4 Å². The molecule has 65 heavy (non-hydrogen) atoms. The predicted molar refractivity (Wildman–Crippen MR) is 270 cm³/mol. The zero-order chi connectivity index (χ0) is 47.6. The molecular formula is C54H95O10P. The zero-order valence-electron chi connectivity index (χ0n) is 41.2. The smallest absolute Gasteiger partial charge is 0.462 e. The lowest BCUT2D eigenvalue weighted by Gasteiger charge is -2.20. The summed E-state index contributed by atoms with van der Waals surface area (Å²) in [5.74, 6) is -1.06. The number of allylic oxidation sites excluding steroid dienone is 12. The van der Waals surface area contributed by atoms with Crippen LogP contribution >= 0.6 is 7.82 Å². The van der Waals surface area contributed by atoms with Gasteiger partial charge in [0, 0.05) is 12.8 Å². The number of esters is 2. The van der Waals surface area contributed by atoms with E-state index < -0.39 is 51.8 Å². The van der Waals surface area contributed by atoms with Crippen LogP contribution < -0.4 is 0 Å². The van der Waals surface area contributed by atoms with Crippen LogP contribution in [0.15, 0.2) is 72.9 Å². The van der Waals surface area contributed by atoms with E-state index in [9.17, 15) is 24.2 Å². The molecule has 0 amide bonds. The van der Waals surface area contributed by atoms with Gasteiger partial charge in [-0.15, -0.1) is 0 Å². The lowest BCUT2D eigenvalue weighted by molar-refractivity contribution is -0.161. The third kappa shape index (κ3) is 49.1. The van der Waals surface area contributed by atoms with Crippen molar-refractivity contribution in [2.24, 2.45) is 0 Å². The minimum Gasteiger partial charge on any atom is -0.462 e. The van der Waals surface area contributed by atoms with Gasteiger partial charge >= 0.3 is 19.8 Å². The first-order valence-electron chi connectivity index (χ1n) is 25.9. The van der Waals surface area contributed by atoms with Crippen LogP contribution in [0.3, 0.4) is 0 Å². The quantitative estimate of drug-likeness (QED) is 0.0233. The number of unbranched alkanes of at least 4 members (excludes halogenated alkanes) is 22. The van der Waals surface area contributed by atoms with Gasteiger partial charge in [-0.25, -0.2) is 4.57 Å². The molecular weight excluding hydrogens is 840 g/mol. The van der Waals surface area contributed by atoms with E-state index in [1.165, 1.54) is 141 Å². The summed E-state index contributed by atoms with van der Waals surface area (Å²) in [5, 5.41) is 18.4. The third-order valence-electron chi connectivity index (χ3n) is 10.8. The first-order chi connectivity index (χ1) is 31.7. The van der Waals surface area contributed by atoms with E-state index in [0.29, 0.717) is 12.8 Å². The van der Waals surface area contributed by atoms with Gasteiger partial charge in [-0.05, 0) is 70.6 Å². The van der Waals surface area contributed by atoms with Crippen molar-refractivity contribution in [2.45, 2.75) is 232 Å². The van der Waals surface area contributed by atoms with Crippen molar-refractivity contribution in [3.8, 4) is 0 Å². The molecule has 0 fully saturated rings. The number of phosphoric acid groups is 1. The minimum absolute atomic E-state index is 0.0530. The molecule has 0 saturated carbocycles. The molecule has 0 bridgehead atoms. The predicted octanol–water partition coefficient (Wildman–Crippen LogP) is 14.8. The third-order valence-corrected chi connectivity index (χ3v) is 11.8. The number of rotatable bonds is 48. The van der Waals surface area contributed by atoms with Gasteiger partial charge < -0.3 is 24.6 Å². The normalized spacial score (nSPS) is 14.2. The van der Waals surface area contributed by atoms with Crippen LogP contribution in [-0.2, 0) is 32.7 Å². The van der Waals surface area contributed by atoms with Crippen LogP contribution in [0.5, 0.6) is 0 Å². The maximum Gasteiger partial charge on any atom is 0.472 e. The average Bonchev–Trinajstić information content (AvgIpc) is 3.30. The molecule has 0 aromatic heterocycles. The summed E-state index contributed by atoms with van der Waals surface area (Å²) in [6.45, 7) is 2.26. The van der Waals surface area contributed by atoms with Crippen molar-refractivity contribution in [1.82, 2.24) is 0 Å². The van der Waals surface area contributed by atoms with E-state index in [4.69, 9.17) is 23.6 Å². The van der Waals surface area contributed by atoms with E-state index in [2.05, 4.69) is 74.6 Å². The van der Waals surface area contributed by atoms with Gasteiger partial charge in [0.2, 0.25) is 0 Å². The molecule has 3 N–H and O–H groups in total. The van der Waals surface area contributed by atoms with Crippen LogP contribution in [0.2, 0.25) is 0 Å². The van der Waals surface area contributed by atoms with Crippen molar-refractivity contribution >= 4 is 19.8 Å². The zero-order valence-corrected chi connectivity index (χ0v) is 42.1. The SMILES string of the molecule is CCCCC/C=C/C/C=C/C/C=C/C/C=C/C/C=C/CCC(=O)O[C@H](COC(=O)CCC/C=C/CCCCCCCCCCCCCCCCCCCC)COP(=O)(O)OC[C@@H](O)CO. The topological polar surface area (TPSA) is 149 Å². The maximum atomic E-state index is 12.6. The maximum absolute atomic E-state index is 12.6. The number of carbonyl (C=O) groups is 2. The van der Waals surface area contributed by atoms with E-state index in [0.717, 1.165) is 38.5 Å². The molecule has 0 aliphatic heterocycles. The molecule has 376 valence electrons. The molecule has 0 aromatic carbocycles. The Morgan fingerprint density at radius 1 is 0.462 bits per heavy atom. The number of phosphoric ester groups is 1. The summed E-state index contributed by atoms with van der Waals surface area (Å²) < 4.78 is 32.7. The Hall–Kier alpha value is -2.59. The molecule has 0 radical (unpaired) electrons. The van der Waals surface area contributed by atoms with Crippen molar-refractivity contribution in [2.75, 3.05) is 26.4 Å². The molecule has 10 nitrogen and oxygen atoms in total. The van der Waals surface area contributed by atoms with Crippen molar-refractivity contribution in [3.05, 3.63) is 72.9 Å². The monoisotopic (exact) mass is 935 g/mol. The molecule has 0 aliphatic carbocycles. The Morgan fingerprint density at radius 3 is 1.31 bits per heavy atom. The van der Waals surface area contributed by atoms with E-state index >= 15 is 0 Å². The Kier molecular flexibility index (Phi) is 47.4. The minimum atomic E-state index is -4.65. The summed E-state index contributed by atoms with van der Waals surface area (Å²) in [5.41, 5.74) is 0. The van der Waals surface area contributed by atoms with Gasteiger partial charge in [0.25, 0.3) is 0 Å². The molecule has 0 aromatic rings. The molecule has 1 unspecified atom stereocenters. The first kappa shape index (κ1) is 62.4. The fourth-order valence-electron chi connectivity index (χ4n) is 6.86. The van der Waals surface area contributed by atoms with E-state index in [1.54, 1.807) is 0 Å². The number of aliphatic hydroxyl groups excluding tert-OH is 2. The average molecular weight is 935 g/mol. The summed E-state index contributed by atoms with van der Waals surface area (Å²) in [4.78, 5) is 35.1. The van der Waals surface area contributed by atoms with Gasteiger partial charge in [0.05, 0.1) is 19.8 Å². The number of hydrogen-bond donors (Lipinski definition) is 3. The van der Waals surface area contributed by atoms with Crippen LogP contribution in [0.1, 0.15) is 219 Å². The highest BCUT2D eigenvalue weighted by atomic mass is 31.2. The molecule has 0 spiro atoms. The van der Waals surface area contributed by atoms with Gasteiger partial charge in [-0.3, -0.25) is 18.6 Å². The van der Waals surface area contributed by atoms with Crippen LogP contribution in [0.4, 0.5) is 0 Å². The van der Waals surface area contributed by atoms with Gasteiger partial charge in [-0.2, -0.15) is 0 Å². The summed E-state index contributed by atoms with van der Waals surface area (Å²) in [6, 6.07) is 0. The molecule has 0 aliphatic rings. The molecule has 3 atom stereocenters. The van der Waals surface area contributed by atoms with Gasteiger partial charge in [-0.1, -0.05) is 209 Å². The highest BCUT2D eigenvalue weighted by Gasteiger charge is 2.27. The Morgan fingerprint density at radius 2 is 0.831 bits per heavy atom. The Balaban J connectivity index is 4.29. The summed E-state index contributed by atoms with van der Waals surface area (Å²) in [6.07, 6.45) is 59.0. The lowest BCUT2D eigenvalue weighted by Crippen LogP contribution is -2.29.